The summed E-state index contributed by atoms with van der Waals surface area (Å²) in [6.07, 6.45) is 1.13. The van der Waals surface area contributed by atoms with E-state index in [2.05, 4.69) is 0 Å². The number of hydrogen-bond acceptors (Lipinski definition) is 1. The molecular formula is C8H11FO. The lowest BCUT2D eigenvalue weighted by atomic mass is 9.94. The maximum absolute atomic E-state index is 12.4. The molecule has 1 heterocycles. The number of hydrogen-bond donors (Lipinski definition) is 0. The number of furan rings is 1. The van der Waals surface area contributed by atoms with Crippen LogP contribution in [0, 0.1) is 5.82 Å². The Morgan fingerprint density at radius 2 is 2.00 bits per heavy atom. The molecule has 0 saturated heterocycles. The lowest BCUT2D eigenvalue weighted by Crippen LogP contribution is -2.08. The maximum atomic E-state index is 12.4. The van der Waals surface area contributed by atoms with Crippen LogP contribution in [0.1, 0.15) is 26.5 Å². The minimum Gasteiger partial charge on any atom is -0.466 e. The lowest BCUT2D eigenvalue weighted by Gasteiger charge is -2.13. The average Bonchev–Trinajstić information content (AvgIpc) is 2.11. The van der Waals surface area contributed by atoms with E-state index in [4.69, 9.17) is 4.42 Å². The highest BCUT2D eigenvalue weighted by atomic mass is 19.1. The standard InChI is InChI=1S/C8H11FO/c1-8(2,3)7-4-6(9)5-10-7/h4-5H,1-3H3. The molecule has 0 aromatic carbocycles. The van der Waals surface area contributed by atoms with Crippen LogP contribution >= 0.6 is 0 Å². The van der Waals surface area contributed by atoms with Crippen molar-refractivity contribution >= 4 is 0 Å². The Labute approximate surface area is 59.9 Å². The molecule has 0 bridgehead atoms. The molecule has 0 aliphatic carbocycles. The molecule has 0 radical (unpaired) electrons. The van der Waals surface area contributed by atoms with Gasteiger partial charge < -0.3 is 4.42 Å². The predicted octanol–water partition coefficient (Wildman–Crippen LogP) is 2.72. The minimum atomic E-state index is -0.301. The first kappa shape index (κ1) is 7.32. The van der Waals surface area contributed by atoms with E-state index in [1.165, 1.54) is 6.07 Å². The molecule has 0 amide bonds. The third kappa shape index (κ3) is 1.38. The van der Waals surface area contributed by atoms with Crippen LogP contribution in [-0.2, 0) is 5.41 Å². The van der Waals surface area contributed by atoms with Crippen LogP contribution in [0.4, 0.5) is 4.39 Å². The second-order valence-electron chi connectivity index (χ2n) is 3.38. The summed E-state index contributed by atoms with van der Waals surface area (Å²) in [7, 11) is 0. The maximum Gasteiger partial charge on any atom is 0.161 e. The van der Waals surface area contributed by atoms with Crippen molar-refractivity contribution in [3.8, 4) is 0 Å². The Morgan fingerprint density at radius 3 is 2.20 bits per heavy atom. The van der Waals surface area contributed by atoms with Crippen LogP contribution in [0.15, 0.2) is 16.7 Å². The van der Waals surface area contributed by atoms with Crippen molar-refractivity contribution in [2.24, 2.45) is 0 Å². The fourth-order valence-electron chi connectivity index (χ4n) is 0.706. The van der Waals surface area contributed by atoms with Crippen LogP contribution in [0.2, 0.25) is 0 Å². The first-order valence-electron chi connectivity index (χ1n) is 3.24. The van der Waals surface area contributed by atoms with E-state index in [0.717, 1.165) is 6.26 Å². The topological polar surface area (TPSA) is 13.1 Å². The van der Waals surface area contributed by atoms with Crippen LogP contribution in [0.5, 0.6) is 0 Å². The van der Waals surface area contributed by atoms with Gasteiger partial charge >= 0.3 is 0 Å². The number of halogens is 1. The zero-order valence-electron chi connectivity index (χ0n) is 6.44. The number of rotatable bonds is 0. The molecule has 1 rings (SSSR count). The summed E-state index contributed by atoms with van der Waals surface area (Å²) in [5, 5.41) is 0. The van der Waals surface area contributed by atoms with Crippen molar-refractivity contribution in [3.63, 3.8) is 0 Å². The summed E-state index contributed by atoms with van der Waals surface area (Å²) < 4.78 is 17.3. The highest BCUT2D eigenvalue weighted by molar-refractivity contribution is 5.10. The monoisotopic (exact) mass is 142 g/mol. The van der Waals surface area contributed by atoms with Crippen LogP contribution in [0.3, 0.4) is 0 Å². The minimum absolute atomic E-state index is 0.0929. The van der Waals surface area contributed by atoms with E-state index in [0.29, 0.717) is 5.76 Å². The Kier molecular flexibility index (Phi) is 1.55. The van der Waals surface area contributed by atoms with Crippen molar-refractivity contribution in [2.75, 3.05) is 0 Å². The molecule has 0 N–H and O–H groups in total. The fraction of sp³-hybridized carbons (Fsp3) is 0.500. The Hall–Kier alpha value is -0.790. The molecule has 0 aliphatic rings. The van der Waals surface area contributed by atoms with Crippen molar-refractivity contribution in [3.05, 3.63) is 23.9 Å². The molecule has 1 aromatic heterocycles. The first-order valence-corrected chi connectivity index (χ1v) is 3.24. The van der Waals surface area contributed by atoms with Gasteiger partial charge in [0, 0.05) is 11.5 Å². The first-order chi connectivity index (χ1) is 4.50. The van der Waals surface area contributed by atoms with E-state index in [9.17, 15) is 4.39 Å². The predicted molar refractivity (Wildman–Crippen MR) is 37.4 cm³/mol. The highest BCUT2D eigenvalue weighted by Crippen LogP contribution is 2.23. The van der Waals surface area contributed by atoms with Gasteiger partial charge in [0.25, 0.3) is 0 Å². The molecule has 0 atom stereocenters. The summed E-state index contributed by atoms with van der Waals surface area (Å²) in [4.78, 5) is 0. The molecule has 0 saturated carbocycles. The van der Waals surface area contributed by atoms with Crippen LogP contribution in [0.25, 0.3) is 0 Å². The van der Waals surface area contributed by atoms with Crippen LogP contribution < -0.4 is 0 Å². The molecule has 56 valence electrons. The van der Waals surface area contributed by atoms with Gasteiger partial charge in [-0.1, -0.05) is 20.8 Å². The van der Waals surface area contributed by atoms with Gasteiger partial charge in [0.2, 0.25) is 0 Å². The molecule has 10 heavy (non-hydrogen) atoms. The van der Waals surface area contributed by atoms with Gasteiger partial charge in [-0.15, -0.1) is 0 Å². The van der Waals surface area contributed by atoms with E-state index >= 15 is 0 Å². The third-order valence-corrected chi connectivity index (χ3v) is 1.31. The highest BCUT2D eigenvalue weighted by Gasteiger charge is 2.17. The van der Waals surface area contributed by atoms with Crippen molar-refractivity contribution < 1.29 is 8.81 Å². The zero-order chi connectivity index (χ0) is 7.78. The summed E-state index contributed by atoms with van der Waals surface area (Å²) in [6, 6.07) is 1.42. The second-order valence-corrected chi connectivity index (χ2v) is 3.38. The largest absolute Gasteiger partial charge is 0.466 e. The smallest absolute Gasteiger partial charge is 0.161 e. The third-order valence-electron chi connectivity index (χ3n) is 1.31. The van der Waals surface area contributed by atoms with Gasteiger partial charge in [0.15, 0.2) is 5.82 Å². The average molecular weight is 142 g/mol. The van der Waals surface area contributed by atoms with Gasteiger partial charge in [0.05, 0.1) is 0 Å². The molecular weight excluding hydrogens is 131 g/mol. The summed E-state index contributed by atoms with van der Waals surface area (Å²) >= 11 is 0. The molecule has 0 unspecified atom stereocenters. The zero-order valence-corrected chi connectivity index (χ0v) is 6.44. The van der Waals surface area contributed by atoms with E-state index in [-0.39, 0.29) is 11.2 Å². The molecule has 1 aromatic rings. The summed E-state index contributed by atoms with van der Waals surface area (Å²) in [5.74, 6) is 0.384. The quantitative estimate of drug-likeness (QED) is 0.542. The Bertz CT molecular complexity index is 219. The summed E-state index contributed by atoms with van der Waals surface area (Å²) in [6.45, 7) is 5.93. The van der Waals surface area contributed by atoms with Gasteiger partial charge in [-0.3, -0.25) is 0 Å². The van der Waals surface area contributed by atoms with Gasteiger partial charge in [0.1, 0.15) is 12.0 Å². The molecule has 0 spiro atoms. The van der Waals surface area contributed by atoms with Crippen molar-refractivity contribution in [1.29, 1.82) is 0 Å². The van der Waals surface area contributed by atoms with Gasteiger partial charge in [-0.2, -0.15) is 0 Å². The van der Waals surface area contributed by atoms with Crippen molar-refractivity contribution in [2.45, 2.75) is 26.2 Å². The van der Waals surface area contributed by atoms with Crippen LogP contribution in [-0.4, -0.2) is 0 Å². The van der Waals surface area contributed by atoms with Crippen molar-refractivity contribution in [1.82, 2.24) is 0 Å². The fourth-order valence-corrected chi connectivity index (χ4v) is 0.706. The summed E-state index contributed by atoms with van der Waals surface area (Å²) in [5.41, 5.74) is -0.0929. The SMILES string of the molecule is CC(C)(C)c1cc(F)co1. The molecule has 0 fully saturated rings. The van der Waals surface area contributed by atoms with E-state index in [1.54, 1.807) is 0 Å². The lowest BCUT2D eigenvalue weighted by molar-refractivity contribution is 0.406. The molecule has 2 heteroatoms. The molecule has 1 nitrogen and oxygen atoms in total. The Balaban J connectivity index is 2.96. The Morgan fingerprint density at radius 1 is 1.40 bits per heavy atom. The van der Waals surface area contributed by atoms with Gasteiger partial charge in [-0.05, 0) is 0 Å². The molecule has 0 aliphatic heterocycles. The second kappa shape index (κ2) is 2.11. The van der Waals surface area contributed by atoms with E-state index < -0.39 is 0 Å². The van der Waals surface area contributed by atoms with Gasteiger partial charge in [-0.25, -0.2) is 4.39 Å². The van der Waals surface area contributed by atoms with E-state index in [1.807, 2.05) is 20.8 Å². The normalized spacial score (nSPS) is 12.0.